The molecule has 0 aliphatic heterocycles. The van der Waals surface area contributed by atoms with E-state index >= 15 is 0 Å². The van der Waals surface area contributed by atoms with Gasteiger partial charge in [-0.2, -0.15) is 0 Å². The molecule has 0 amide bonds. The number of nitro groups is 1. The Balaban J connectivity index is 3.14. The van der Waals surface area contributed by atoms with Crippen molar-refractivity contribution in [2.45, 2.75) is 39.6 Å². The van der Waals surface area contributed by atoms with Crippen LogP contribution in [0.5, 0.6) is 0 Å². The van der Waals surface area contributed by atoms with E-state index in [-0.39, 0.29) is 16.5 Å². The Labute approximate surface area is 119 Å². The van der Waals surface area contributed by atoms with E-state index in [1.807, 2.05) is 6.07 Å². The molecule has 19 heavy (non-hydrogen) atoms. The van der Waals surface area contributed by atoms with Gasteiger partial charge in [0.25, 0.3) is 5.69 Å². The fourth-order valence-corrected chi connectivity index (χ4v) is 2.26. The van der Waals surface area contributed by atoms with E-state index in [1.54, 1.807) is 12.1 Å². The third kappa shape index (κ3) is 4.10. The van der Waals surface area contributed by atoms with Crippen LogP contribution in [-0.4, -0.2) is 17.5 Å². The first kappa shape index (κ1) is 15.8. The van der Waals surface area contributed by atoms with Crippen molar-refractivity contribution in [1.29, 1.82) is 0 Å². The molecular formula is C14H21ClN2O2. The van der Waals surface area contributed by atoms with E-state index in [1.165, 1.54) is 0 Å². The van der Waals surface area contributed by atoms with Gasteiger partial charge >= 0.3 is 0 Å². The molecule has 1 aromatic carbocycles. The van der Waals surface area contributed by atoms with Crippen molar-refractivity contribution in [3.05, 3.63) is 33.9 Å². The predicted molar refractivity (Wildman–Crippen MR) is 80.0 cm³/mol. The Kier molecular flexibility index (Phi) is 5.60. The molecule has 0 unspecified atom stereocenters. The zero-order chi connectivity index (χ0) is 14.6. The molecule has 0 radical (unpaired) electrons. The Hall–Kier alpha value is -1.29. The highest BCUT2D eigenvalue weighted by atomic mass is 35.5. The molecule has 0 N–H and O–H groups in total. The van der Waals surface area contributed by atoms with Gasteiger partial charge in [0.2, 0.25) is 0 Å². The average Bonchev–Trinajstić information content (AvgIpc) is 2.34. The quantitative estimate of drug-likeness (QED) is 0.447. The highest BCUT2D eigenvalue weighted by Gasteiger charge is 2.18. The number of hydrogen-bond acceptors (Lipinski definition) is 3. The first-order valence-corrected chi connectivity index (χ1v) is 7.00. The van der Waals surface area contributed by atoms with Crippen LogP contribution in [0.1, 0.15) is 33.3 Å². The van der Waals surface area contributed by atoms with Crippen molar-refractivity contribution < 1.29 is 4.92 Å². The fraction of sp³-hybridized carbons (Fsp3) is 0.571. The molecule has 0 saturated carbocycles. The van der Waals surface area contributed by atoms with E-state index in [9.17, 15) is 10.1 Å². The SMILES string of the molecule is CC(C)CN(c1ccc([N+](=O)[O-])c(CCl)c1)C(C)C. The van der Waals surface area contributed by atoms with Gasteiger partial charge in [0.15, 0.2) is 0 Å². The number of hydrogen-bond donors (Lipinski definition) is 0. The first-order chi connectivity index (χ1) is 8.86. The number of halogens is 1. The average molecular weight is 285 g/mol. The third-order valence-electron chi connectivity index (χ3n) is 2.92. The summed E-state index contributed by atoms with van der Waals surface area (Å²) in [6, 6.07) is 5.51. The lowest BCUT2D eigenvalue weighted by Crippen LogP contribution is -2.34. The molecule has 106 valence electrons. The lowest BCUT2D eigenvalue weighted by atomic mass is 10.1. The molecule has 0 aliphatic rings. The van der Waals surface area contributed by atoms with Gasteiger partial charge in [0.1, 0.15) is 0 Å². The van der Waals surface area contributed by atoms with E-state index in [0.29, 0.717) is 17.5 Å². The lowest BCUT2D eigenvalue weighted by molar-refractivity contribution is -0.385. The first-order valence-electron chi connectivity index (χ1n) is 6.46. The molecule has 0 spiro atoms. The van der Waals surface area contributed by atoms with Gasteiger partial charge in [-0.3, -0.25) is 10.1 Å². The summed E-state index contributed by atoms with van der Waals surface area (Å²) in [6.45, 7) is 9.46. The maximum absolute atomic E-state index is 10.9. The summed E-state index contributed by atoms with van der Waals surface area (Å²) >= 11 is 5.82. The van der Waals surface area contributed by atoms with Crippen LogP contribution >= 0.6 is 11.6 Å². The maximum Gasteiger partial charge on any atom is 0.273 e. The minimum absolute atomic E-state index is 0.0898. The van der Waals surface area contributed by atoms with Crippen LogP contribution in [0.4, 0.5) is 11.4 Å². The van der Waals surface area contributed by atoms with Gasteiger partial charge in [-0.1, -0.05) is 13.8 Å². The number of nitro benzene ring substituents is 1. The van der Waals surface area contributed by atoms with Crippen LogP contribution < -0.4 is 4.90 Å². The Morgan fingerprint density at radius 3 is 2.37 bits per heavy atom. The molecule has 0 saturated heterocycles. The van der Waals surface area contributed by atoms with E-state index in [0.717, 1.165) is 12.2 Å². The number of rotatable bonds is 6. The van der Waals surface area contributed by atoms with Crippen molar-refractivity contribution in [1.82, 2.24) is 0 Å². The van der Waals surface area contributed by atoms with Crippen LogP contribution in [0.2, 0.25) is 0 Å². The van der Waals surface area contributed by atoms with Gasteiger partial charge < -0.3 is 4.90 Å². The van der Waals surface area contributed by atoms with Crippen LogP contribution in [0, 0.1) is 16.0 Å². The Morgan fingerprint density at radius 1 is 1.32 bits per heavy atom. The molecular weight excluding hydrogens is 264 g/mol. The second-order valence-corrected chi connectivity index (χ2v) is 5.61. The number of nitrogens with zero attached hydrogens (tertiary/aromatic N) is 2. The molecule has 1 rings (SSSR count). The van der Waals surface area contributed by atoms with Crippen molar-refractivity contribution in [2.75, 3.05) is 11.4 Å². The Bertz CT molecular complexity index is 447. The number of alkyl halides is 1. The standard InChI is InChI=1S/C14H21ClN2O2/c1-10(2)9-16(11(3)4)13-5-6-14(17(18)19)12(7-13)8-15/h5-7,10-11H,8-9H2,1-4H3. The van der Waals surface area contributed by atoms with Gasteiger partial charge in [-0.05, 0) is 31.9 Å². The van der Waals surface area contributed by atoms with Crippen LogP contribution in [0.3, 0.4) is 0 Å². The van der Waals surface area contributed by atoms with E-state index in [2.05, 4.69) is 32.6 Å². The summed E-state index contributed by atoms with van der Waals surface area (Å²) < 4.78 is 0. The highest BCUT2D eigenvalue weighted by Crippen LogP contribution is 2.28. The van der Waals surface area contributed by atoms with Crippen LogP contribution in [0.15, 0.2) is 18.2 Å². The minimum Gasteiger partial charge on any atom is -0.369 e. The molecule has 0 atom stereocenters. The van der Waals surface area contributed by atoms with Gasteiger partial charge in [-0.25, -0.2) is 0 Å². The largest absolute Gasteiger partial charge is 0.369 e. The minimum atomic E-state index is -0.385. The smallest absolute Gasteiger partial charge is 0.273 e. The van der Waals surface area contributed by atoms with Crippen molar-refractivity contribution in [3.8, 4) is 0 Å². The third-order valence-corrected chi connectivity index (χ3v) is 3.21. The zero-order valence-corrected chi connectivity index (χ0v) is 12.6. The van der Waals surface area contributed by atoms with Crippen LogP contribution in [0.25, 0.3) is 0 Å². The molecule has 1 aromatic rings. The van der Waals surface area contributed by atoms with E-state index in [4.69, 9.17) is 11.6 Å². The topological polar surface area (TPSA) is 46.4 Å². The molecule has 0 aliphatic carbocycles. The molecule has 0 fully saturated rings. The summed E-state index contributed by atoms with van der Waals surface area (Å²) in [5.74, 6) is 0.676. The van der Waals surface area contributed by atoms with E-state index < -0.39 is 0 Å². The van der Waals surface area contributed by atoms with Crippen LogP contribution in [-0.2, 0) is 5.88 Å². The summed E-state index contributed by atoms with van der Waals surface area (Å²) in [4.78, 5) is 12.8. The Morgan fingerprint density at radius 2 is 1.95 bits per heavy atom. The summed E-state index contributed by atoms with van der Waals surface area (Å²) in [5.41, 5.74) is 1.65. The molecule has 4 nitrogen and oxygen atoms in total. The summed E-state index contributed by atoms with van der Waals surface area (Å²) in [7, 11) is 0. The number of anilines is 1. The predicted octanol–water partition coefficient (Wildman–Crippen LogP) is 4.20. The van der Waals surface area contributed by atoms with Gasteiger partial charge in [0.05, 0.1) is 10.8 Å². The normalized spacial score (nSPS) is 11.1. The van der Waals surface area contributed by atoms with Crippen molar-refractivity contribution >= 4 is 23.0 Å². The van der Waals surface area contributed by atoms with Gasteiger partial charge in [0, 0.05) is 29.9 Å². The second-order valence-electron chi connectivity index (χ2n) is 5.34. The summed E-state index contributed by atoms with van der Waals surface area (Å²) in [5, 5.41) is 10.9. The van der Waals surface area contributed by atoms with Gasteiger partial charge in [-0.15, -0.1) is 11.6 Å². The zero-order valence-electron chi connectivity index (χ0n) is 11.9. The van der Waals surface area contributed by atoms with Crippen molar-refractivity contribution in [2.24, 2.45) is 5.92 Å². The fourth-order valence-electron chi connectivity index (χ4n) is 2.04. The molecule has 0 bridgehead atoms. The highest BCUT2D eigenvalue weighted by molar-refractivity contribution is 6.17. The lowest BCUT2D eigenvalue weighted by Gasteiger charge is -2.31. The number of benzene rings is 1. The molecule has 0 aromatic heterocycles. The summed E-state index contributed by atoms with van der Waals surface area (Å²) in [6.07, 6.45) is 0. The second kappa shape index (κ2) is 6.75. The maximum atomic E-state index is 10.9. The van der Waals surface area contributed by atoms with Crippen molar-refractivity contribution in [3.63, 3.8) is 0 Å². The molecule has 0 heterocycles. The monoisotopic (exact) mass is 284 g/mol. The molecule has 5 heteroatoms.